The fourth-order valence-electron chi connectivity index (χ4n) is 6.72. The lowest BCUT2D eigenvalue weighted by Crippen LogP contribution is -2.65. The summed E-state index contributed by atoms with van der Waals surface area (Å²) in [6, 6.07) is 8.91. The lowest BCUT2D eigenvalue weighted by molar-refractivity contribution is -0.369. The fourth-order valence-corrected chi connectivity index (χ4v) is 6.72. The predicted molar refractivity (Wildman–Crippen MR) is 214 cm³/mol. The van der Waals surface area contributed by atoms with Crippen LogP contribution in [0.4, 0.5) is 0 Å². The first-order chi connectivity index (χ1) is 28.2. The first-order valence-electron chi connectivity index (χ1n) is 20.8. The van der Waals surface area contributed by atoms with Crippen molar-refractivity contribution in [2.45, 2.75) is 180 Å². The van der Waals surface area contributed by atoms with Crippen molar-refractivity contribution < 1.29 is 72.1 Å². The average molecular weight is 833 g/mol. The Hall–Kier alpha value is -3.99. The first-order valence-corrected chi connectivity index (χ1v) is 20.8. The molecule has 0 saturated carbocycles. The summed E-state index contributed by atoms with van der Waals surface area (Å²) in [5.74, 6) is -3.30. The summed E-state index contributed by atoms with van der Waals surface area (Å²) in [6.45, 7) is 11.3. The van der Waals surface area contributed by atoms with Gasteiger partial charge in [-0.15, -0.1) is 0 Å². The van der Waals surface area contributed by atoms with E-state index in [2.05, 4.69) is 6.92 Å². The van der Waals surface area contributed by atoms with Gasteiger partial charge in [0.2, 0.25) is 0 Å². The van der Waals surface area contributed by atoms with Crippen molar-refractivity contribution in [1.29, 1.82) is 0 Å². The van der Waals surface area contributed by atoms with E-state index >= 15 is 0 Å². The number of hydrogen-bond donors (Lipinski definition) is 2. The van der Waals surface area contributed by atoms with E-state index < -0.39 is 91.9 Å². The summed E-state index contributed by atoms with van der Waals surface area (Å²) in [7, 11) is 0. The normalized spacial score (nSPS) is 27.8. The van der Waals surface area contributed by atoms with Crippen LogP contribution in [0.25, 0.3) is 6.08 Å². The van der Waals surface area contributed by atoms with Gasteiger partial charge in [-0.05, 0) is 51.7 Å². The molecule has 0 bridgehead atoms. The zero-order valence-corrected chi connectivity index (χ0v) is 35.4. The molecule has 0 aliphatic carbocycles. The minimum absolute atomic E-state index is 0.0471. The molecule has 15 nitrogen and oxygen atoms in total. The summed E-state index contributed by atoms with van der Waals surface area (Å²) >= 11 is 0. The number of rotatable bonds is 23. The van der Waals surface area contributed by atoms with Crippen LogP contribution in [-0.4, -0.2) is 114 Å². The Balaban J connectivity index is 2.04. The Morgan fingerprint density at radius 3 is 2.15 bits per heavy atom. The van der Waals surface area contributed by atoms with Crippen molar-refractivity contribution in [3.05, 3.63) is 53.6 Å². The summed E-state index contributed by atoms with van der Waals surface area (Å²) in [6.07, 6.45) is -5.13. The van der Waals surface area contributed by atoms with Gasteiger partial charge in [0.15, 0.2) is 30.9 Å². The number of benzene rings is 1. The number of ether oxygens (including phenoxy) is 8. The number of ketones is 1. The number of esters is 4. The van der Waals surface area contributed by atoms with Gasteiger partial charge in [-0.3, -0.25) is 14.4 Å². The van der Waals surface area contributed by atoms with E-state index in [1.165, 1.54) is 26.0 Å². The van der Waals surface area contributed by atoms with Gasteiger partial charge < -0.3 is 48.1 Å². The SMILES string of the molecule is C/C=C(\C)C(=O)O[C@@H]1[C@@H](O)[C@H](O[C@H]2[C@H](O[C@H](CCC)CCCCC)O[C@H](C)[C@H](OC(C)=O)[C@@H]2O)O[C@H](COC(=O)CCC(=O)CCC)[C@H]1OC(=O)/C=C/c1ccccc1. The molecule has 2 saturated heterocycles. The summed E-state index contributed by atoms with van der Waals surface area (Å²) < 4.78 is 47.7. The average Bonchev–Trinajstić information content (AvgIpc) is 3.21. The van der Waals surface area contributed by atoms with Gasteiger partial charge in [0.1, 0.15) is 36.8 Å². The zero-order chi connectivity index (χ0) is 43.5. The third-order valence-corrected chi connectivity index (χ3v) is 10.0. The predicted octanol–water partition coefficient (Wildman–Crippen LogP) is 5.46. The number of carbonyl (C=O) groups excluding carboxylic acids is 5. The highest BCUT2D eigenvalue weighted by Crippen LogP contribution is 2.34. The Bertz CT molecular complexity index is 1540. The van der Waals surface area contributed by atoms with Crippen LogP contribution in [0.2, 0.25) is 0 Å². The number of allylic oxidation sites excluding steroid dienone is 1. The Kier molecular flexibility index (Phi) is 21.4. The van der Waals surface area contributed by atoms with Crippen LogP contribution in [-0.2, 0) is 61.9 Å². The summed E-state index contributed by atoms with van der Waals surface area (Å²) in [5.41, 5.74) is 0.855. The topological polar surface area (TPSA) is 200 Å². The monoisotopic (exact) mass is 832 g/mol. The van der Waals surface area contributed by atoms with E-state index in [0.29, 0.717) is 31.2 Å². The Morgan fingerprint density at radius 2 is 1.51 bits per heavy atom. The standard InChI is InChI=1S/C44H64O15/c1-8-12-14-21-32(18-10-3)55-44-41(36(49)38(28(6)53-44)54-29(7)45)59-43-37(50)40(58-42(51)27(5)11-4)39(57-35(48)24-22-30-19-15-13-16-20-30)33(56-43)26-52-34(47)25-23-31(46)17-9-2/h11,13,15-16,19-20,22,24,28,32-33,36-41,43-44,49-50H,8-10,12,14,17-18,21,23,25-26H2,1-7H3/b24-22+,27-11+/t28-,32-,33-,36+,37-,38+,39-,40-,41-,43+,44+/m1/s1. The number of aliphatic hydroxyl groups is 2. The number of carbonyl (C=O) groups is 5. The number of Topliss-reactive ketones (excluding diaryl/α,β-unsaturated/α-hetero) is 1. The minimum atomic E-state index is -1.88. The molecular formula is C44H64O15. The minimum Gasteiger partial charge on any atom is -0.463 e. The quantitative estimate of drug-likeness (QED) is 0.0610. The van der Waals surface area contributed by atoms with Crippen molar-refractivity contribution in [3.8, 4) is 0 Å². The maximum absolute atomic E-state index is 13.3. The molecule has 59 heavy (non-hydrogen) atoms. The first kappa shape index (κ1) is 49.4. The smallest absolute Gasteiger partial charge is 0.333 e. The molecule has 0 aromatic heterocycles. The van der Waals surface area contributed by atoms with Gasteiger partial charge in [0.05, 0.1) is 18.6 Å². The molecule has 0 spiro atoms. The number of aliphatic hydroxyl groups excluding tert-OH is 2. The maximum Gasteiger partial charge on any atom is 0.333 e. The molecular weight excluding hydrogens is 768 g/mol. The second kappa shape index (κ2) is 25.6. The molecule has 1 aromatic carbocycles. The van der Waals surface area contributed by atoms with Crippen LogP contribution < -0.4 is 0 Å². The van der Waals surface area contributed by atoms with Gasteiger partial charge in [-0.2, -0.15) is 0 Å². The van der Waals surface area contributed by atoms with Gasteiger partial charge in [0.25, 0.3) is 0 Å². The van der Waals surface area contributed by atoms with E-state index in [0.717, 1.165) is 31.8 Å². The fraction of sp³-hybridized carbons (Fsp3) is 0.659. The van der Waals surface area contributed by atoms with Crippen LogP contribution in [0.3, 0.4) is 0 Å². The molecule has 3 rings (SSSR count). The molecule has 11 atom stereocenters. The van der Waals surface area contributed by atoms with Gasteiger partial charge >= 0.3 is 23.9 Å². The molecule has 330 valence electrons. The van der Waals surface area contributed by atoms with E-state index in [-0.39, 0.29) is 30.3 Å². The van der Waals surface area contributed by atoms with E-state index in [1.807, 2.05) is 19.9 Å². The molecule has 0 amide bonds. The lowest BCUT2D eigenvalue weighted by Gasteiger charge is -2.47. The van der Waals surface area contributed by atoms with Crippen LogP contribution in [0.1, 0.15) is 118 Å². The second-order valence-corrected chi connectivity index (χ2v) is 14.9. The van der Waals surface area contributed by atoms with Crippen molar-refractivity contribution in [2.75, 3.05) is 6.61 Å². The largest absolute Gasteiger partial charge is 0.463 e. The van der Waals surface area contributed by atoms with Gasteiger partial charge in [-0.1, -0.05) is 82.9 Å². The molecule has 2 heterocycles. The van der Waals surface area contributed by atoms with E-state index in [9.17, 15) is 34.2 Å². The highest BCUT2D eigenvalue weighted by Gasteiger charge is 2.55. The molecule has 2 aliphatic heterocycles. The van der Waals surface area contributed by atoms with E-state index in [4.69, 9.17) is 37.9 Å². The van der Waals surface area contributed by atoms with Crippen LogP contribution in [0.15, 0.2) is 48.1 Å². The highest BCUT2D eigenvalue weighted by molar-refractivity contribution is 5.88. The number of unbranched alkanes of at least 4 members (excludes halogenated alkanes) is 2. The Labute approximate surface area is 347 Å². The highest BCUT2D eigenvalue weighted by atomic mass is 16.8. The van der Waals surface area contributed by atoms with Crippen LogP contribution in [0.5, 0.6) is 0 Å². The molecule has 0 radical (unpaired) electrons. The van der Waals surface area contributed by atoms with Crippen molar-refractivity contribution in [2.24, 2.45) is 0 Å². The van der Waals surface area contributed by atoms with E-state index in [1.54, 1.807) is 38.1 Å². The molecule has 2 N–H and O–H groups in total. The van der Waals surface area contributed by atoms with Gasteiger partial charge in [0, 0.05) is 31.4 Å². The molecule has 15 heteroatoms. The van der Waals surface area contributed by atoms with Crippen molar-refractivity contribution in [3.63, 3.8) is 0 Å². The van der Waals surface area contributed by atoms with Crippen molar-refractivity contribution in [1.82, 2.24) is 0 Å². The van der Waals surface area contributed by atoms with Crippen LogP contribution in [0, 0.1) is 0 Å². The number of hydrogen-bond acceptors (Lipinski definition) is 15. The third kappa shape index (κ3) is 15.8. The Morgan fingerprint density at radius 1 is 0.780 bits per heavy atom. The molecule has 2 fully saturated rings. The van der Waals surface area contributed by atoms with Gasteiger partial charge in [-0.25, -0.2) is 9.59 Å². The molecule has 0 unspecified atom stereocenters. The zero-order valence-electron chi connectivity index (χ0n) is 35.4. The molecule has 2 aliphatic rings. The van der Waals surface area contributed by atoms with Crippen molar-refractivity contribution >= 4 is 35.7 Å². The van der Waals surface area contributed by atoms with Crippen LogP contribution >= 0.6 is 0 Å². The summed E-state index contributed by atoms with van der Waals surface area (Å²) in [4.78, 5) is 63.8. The lowest BCUT2D eigenvalue weighted by atomic mass is 9.96. The third-order valence-electron chi connectivity index (χ3n) is 10.0. The molecule has 1 aromatic rings. The maximum atomic E-state index is 13.3. The second-order valence-electron chi connectivity index (χ2n) is 14.9. The summed E-state index contributed by atoms with van der Waals surface area (Å²) in [5, 5.41) is 23.7.